The molecule has 2 nitrogen and oxygen atoms in total. The summed E-state index contributed by atoms with van der Waals surface area (Å²) in [6.45, 7) is 1.99. The standard InChI is InChI=1S/C12H13NO/c1-4-12(5-6-12)10-7-9(2)11(14-3)13-8-10/h1,7-8H,5-6H2,2-3H3. The molecule has 1 aromatic heterocycles. The summed E-state index contributed by atoms with van der Waals surface area (Å²) in [5.74, 6) is 3.53. The first-order chi connectivity index (χ1) is 6.72. The number of ether oxygens (including phenoxy) is 1. The topological polar surface area (TPSA) is 22.1 Å². The van der Waals surface area contributed by atoms with Crippen LogP contribution in [0.25, 0.3) is 0 Å². The molecule has 0 spiro atoms. The molecule has 1 aromatic rings. The van der Waals surface area contributed by atoms with Crippen molar-refractivity contribution in [2.75, 3.05) is 7.11 Å². The minimum atomic E-state index is -0.0238. The van der Waals surface area contributed by atoms with Crippen LogP contribution in [0.15, 0.2) is 12.3 Å². The molecule has 2 heteroatoms. The van der Waals surface area contributed by atoms with Gasteiger partial charge in [-0.2, -0.15) is 0 Å². The number of aromatic nitrogens is 1. The van der Waals surface area contributed by atoms with Crippen LogP contribution in [0.1, 0.15) is 24.0 Å². The van der Waals surface area contributed by atoms with Crippen molar-refractivity contribution >= 4 is 0 Å². The van der Waals surface area contributed by atoms with Crippen molar-refractivity contribution in [2.45, 2.75) is 25.2 Å². The van der Waals surface area contributed by atoms with E-state index < -0.39 is 0 Å². The van der Waals surface area contributed by atoms with Crippen LogP contribution < -0.4 is 4.74 Å². The first kappa shape index (κ1) is 9.08. The molecule has 0 bridgehead atoms. The van der Waals surface area contributed by atoms with Gasteiger partial charge >= 0.3 is 0 Å². The Bertz CT molecular complexity index is 399. The molecule has 0 aliphatic heterocycles. The van der Waals surface area contributed by atoms with Crippen LogP contribution in [0, 0.1) is 19.3 Å². The number of pyridine rings is 1. The van der Waals surface area contributed by atoms with Crippen LogP contribution >= 0.6 is 0 Å². The first-order valence-corrected chi connectivity index (χ1v) is 4.71. The zero-order valence-corrected chi connectivity index (χ0v) is 8.50. The van der Waals surface area contributed by atoms with Gasteiger partial charge in [0.1, 0.15) is 0 Å². The van der Waals surface area contributed by atoms with E-state index in [0.717, 1.165) is 24.0 Å². The maximum atomic E-state index is 5.51. The summed E-state index contributed by atoms with van der Waals surface area (Å²) < 4.78 is 5.10. The molecule has 0 radical (unpaired) electrons. The summed E-state index contributed by atoms with van der Waals surface area (Å²) in [5.41, 5.74) is 2.18. The molecule has 2 rings (SSSR count). The van der Waals surface area contributed by atoms with Gasteiger partial charge in [0.15, 0.2) is 0 Å². The molecule has 72 valence electrons. The highest BCUT2D eigenvalue weighted by atomic mass is 16.5. The summed E-state index contributed by atoms with van der Waals surface area (Å²) in [5, 5.41) is 0. The number of hydrogen-bond acceptors (Lipinski definition) is 2. The van der Waals surface area contributed by atoms with Crippen molar-refractivity contribution < 1.29 is 4.74 Å². The molecule has 0 saturated heterocycles. The second-order valence-corrected chi connectivity index (χ2v) is 3.78. The van der Waals surface area contributed by atoms with Crippen molar-refractivity contribution in [3.63, 3.8) is 0 Å². The quantitative estimate of drug-likeness (QED) is 0.661. The fourth-order valence-electron chi connectivity index (χ4n) is 1.68. The van der Waals surface area contributed by atoms with Crippen molar-refractivity contribution in [3.05, 3.63) is 23.4 Å². The van der Waals surface area contributed by atoms with E-state index in [0.29, 0.717) is 5.88 Å². The fourth-order valence-corrected chi connectivity index (χ4v) is 1.68. The Morgan fingerprint density at radius 3 is 2.71 bits per heavy atom. The Morgan fingerprint density at radius 2 is 2.29 bits per heavy atom. The number of nitrogens with zero attached hydrogens (tertiary/aromatic N) is 1. The number of methoxy groups -OCH3 is 1. The van der Waals surface area contributed by atoms with Gasteiger partial charge in [-0.25, -0.2) is 4.98 Å². The summed E-state index contributed by atoms with van der Waals surface area (Å²) in [6, 6.07) is 2.08. The monoisotopic (exact) mass is 187 g/mol. The minimum Gasteiger partial charge on any atom is -0.481 e. The Hall–Kier alpha value is -1.49. The minimum absolute atomic E-state index is 0.0238. The first-order valence-electron chi connectivity index (χ1n) is 4.71. The highest BCUT2D eigenvalue weighted by molar-refractivity contribution is 5.42. The predicted molar refractivity (Wildman–Crippen MR) is 55.3 cm³/mol. The van der Waals surface area contributed by atoms with Gasteiger partial charge in [-0.05, 0) is 31.4 Å². The highest BCUT2D eigenvalue weighted by Crippen LogP contribution is 2.47. The number of terminal acetylenes is 1. The van der Waals surface area contributed by atoms with E-state index in [1.807, 2.05) is 13.1 Å². The third-order valence-corrected chi connectivity index (χ3v) is 2.80. The van der Waals surface area contributed by atoms with Crippen molar-refractivity contribution in [1.82, 2.24) is 4.98 Å². The van der Waals surface area contributed by atoms with E-state index in [1.165, 1.54) is 0 Å². The maximum Gasteiger partial charge on any atom is 0.215 e. The molecule has 1 aliphatic rings. The Balaban J connectivity index is 2.39. The van der Waals surface area contributed by atoms with Gasteiger partial charge in [0, 0.05) is 11.8 Å². The lowest BCUT2D eigenvalue weighted by molar-refractivity contribution is 0.394. The zero-order chi connectivity index (χ0) is 10.2. The van der Waals surface area contributed by atoms with E-state index in [1.54, 1.807) is 7.11 Å². The van der Waals surface area contributed by atoms with Crippen molar-refractivity contribution in [1.29, 1.82) is 0 Å². The van der Waals surface area contributed by atoms with Gasteiger partial charge in [-0.1, -0.05) is 5.92 Å². The van der Waals surface area contributed by atoms with Crippen LogP contribution in [0.2, 0.25) is 0 Å². The molecule has 1 fully saturated rings. The highest BCUT2D eigenvalue weighted by Gasteiger charge is 2.43. The van der Waals surface area contributed by atoms with Crippen LogP contribution in [-0.4, -0.2) is 12.1 Å². The lowest BCUT2D eigenvalue weighted by atomic mass is 9.98. The van der Waals surface area contributed by atoms with Crippen LogP contribution in [0.3, 0.4) is 0 Å². The van der Waals surface area contributed by atoms with Crippen LogP contribution in [0.5, 0.6) is 5.88 Å². The third-order valence-electron chi connectivity index (χ3n) is 2.80. The van der Waals surface area contributed by atoms with Crippen LogP contribution in [0.4, 0.5) is 0 Å². The average Bonchev–Trinajstić information content (AvgIpc) is 2.98. The van der Waals surface area contributed by atoms with Crippen LogP contribution in [-0.2, 0) is 5.41 Å². The SMILES string of the molecule is C#CC1(c2cnc(OC)c(C)c2)CC1. The van der Waals surface area contributed by atoms with E-state index in [2.05, 4.69) is 17.0 Å². The smallest absolute Gasteiger partial charge is 0.215 e. The molecule has 0 atom stereocenters. The Morgan fingerprint density at radius 1 is 1.57 bits per heavy atom. The third kappa shape index (κ3) is 1.26. The van der Waals surface area contributed by atoms with E-state index in [4.69, 9.17) is 11.2 Å². The predicted octanol–water partition coefficient (Wildman–Crippen LogP) is 2.06. The second kappa shape index (κ2) is 3.02. The molecule has 14 heavy (non-hydrogen) atoms. The van der Waals surface area contributed by atoms with Crippen molar-refractivity contribution in [3.8, 4) is 18.2 Å². The zero-order valence-electron chi connectivity index (χ0n) is 8.50. The molecule has 1 heterocycles. The molecule has 0 amide bonds. The molecule has 0 N–H and O–H groups in total. The van der Waals surface area contributed by atoms with E-state index in [-0.39, 0.29) is 5.41 Å². The second-order valence-electron chi connectivity index (χ2n) is 3.78. The Labute approximate surface area is 84.3 Å². The van der Waals surface area contributed by atoms with Gasteiger partial charge in [0.25, 0.3) is 0 Å². The van der Waals surface area contributed by atoms with Gasteiger partial charge < -0.3 is 4.74 Å². The molecule has 0 aromatic carbocycles. The summed E-state index contributed by atoms with van der Waals surface area (Å²) in [7, 11) is 1.63. The number of hydrogen-bond donors (Lipinski definition) is 0. The van der Waals surface area contributed by atoms with E-state index >= 15 is 0 Å². The largest absolute Gasteiger partial charge is 0.481 e. The van der Waals surface area contributed by atoms with Gasteiger partial charge in [0.05, 0.1) is 12.5 Å². The molecule has 1 saturated carbocycles. The van der Waals surface area contributed by atoms with Gasteiger partial charge in [-0.3, -0.25) is 0 Å². The number of aryl methyl sites for hydroxylation is 1. The summed E-state index contributed by atoms with van der Waals surface area (Å²) in [4.78, 5) is 4.23. The lowest BCUT2D eigenvalue weighted by Crippen LogP contribution is -2.04. The Kier molecular flexibility index (Phi) is 1.96. The number of rotatable bonds is 2. The molecule has 0 unspecified atom stereocenters. The van der Waals surface area contributed by atoms with Gasteiger partial charge in [0.2, 0.25) is 5.88 Å². The average molecular weight is 187 g/mol. The molecule has 1 aliphatic carbocycles. The molecular weight excluding hydrogens is 174 g/mol. The summed E-state index contributed by atoms with van der Waals surface area (Å²) >= 11 is 0. The normalized spacial score (nSPS) is 17.2. The van der Waals surface area contributed by atoms with E-state index in [9.17, 15) is 0 Å². The van der Waals surface area contributed by atoms with Gasteiger partial charge in [-0.15, -0.1) is 6.42 Å². The lowest BCUT2D eigenvalue weighted by Gasteiger charge is -2.10. The molecular formula is C12H13NO. The fraction of sp³-hybridized carbons (Fsp3) is 0.417. The maximum absolute atomic E-state index is 5.51. The summed E-state index contributed by atoms with van der Waals surface area (Å²) in [6.07, 6.45) is 9.51. The van der Waals surface area contributed by atoms with Crippen molar-refractivity contribution in [2.24, 2.45) is 0 Å².